The molecule has 0 saturated carbocycles. The summed E-state index contributed by atoms with van der Waals surface area (Å²) in [5, 5.41) is 0.794. The Balaban J connectivity index is 1.45. The number of hydrogen-bond donors (Lipinski definition) is 0. The van der Waals surface area contributed by atoms with Gasteiger partial charge in [-0.25, -0.2) is 4.79 Å². The summed E-state index contributed by atoms with van der Waals surface area (Å²) in [6, 6.07) is 25.6. The molecule has 0 fully saturated rings. The fraction of sp³-hybridized carbons (Fsp3) is 0.286. The lowest BCUT2D eigenvalue weighted by molar-refractivity contribution is -0.137. The molecule has 43 heavy (non-hydrogen) atoms. The van der Waals surface area contributed by atoms with E-state index in [4.69, 9.17) is 9.47 Å². The highest BCUT2D eigenvalue weighted by Gasteiger charge is 2.16. The first kappa shape index (κ1) is 31.1. The van der Waals surface area contributed by atoms with Gasteiger partial charge < -0.3 is 23.8 Å². The fourth-order valence-electron chi connectivity index (χ4n) is 4.66. The monoisotopic (exact) mass is 581 g/mol. The number of benzene rings is 3. The molecule has 1 aromatic heterocycles. The van der Waals surface area contributed by atoms with Gasteiger partial charge >= 0.3 is 5.97 Å². The van der Waals surface area contributed by atoms with E-state index in [1.165, 1.54) is 17.2 Å². The van der Waals surface area contributed by atoms with Crippen molar-refractivity contribution in [1.82, 2.24) is 14.4 Å². The van der Waals surface area contributed by atoms with E-state index in [0.717, 1.165) is 29.3 Å². The van der Waals surface area contributed by atoms with Crippen molar-refractivity contribution in [3.63, 3.8) is 0 Å². The van der Waals surface area contributed by atoms with Crippen molar-refractivity contribution in [3.05, 3.63) is 108 Å². The van der Waals surface area contributed by atoms with Gasteiger partial charge in [-0.15, -0.1) is 0 Å². The predicted molar refractivity (Wildman–Crippen MR) is 169 cm³/mol. The Labute approximate surface area is 253 Å². The van der Waals surface area contributed by atoms with E-state index in [1.807, 2.05) is 71.4 Å². The third kappa shape index (κ3) is 9.07. The van der Waals surface area contributed by atoms with Gasteiger partial charge in [0, 0.05) is 55.9 Å². The summed E-state index contributed by atoms with van der Waals surface area (Å²) in [6.45, 7) is 3.26. The van der Waals surface area contributed by atoms with Gasteiger partial charge in [-0.2, -0.15) is 0 Å². The van der Waals surface area contributed by atoms with Crippen LogP contribution in [0.4, 0.5) is 0 Å². The third-order valence-electron chi connectivity index (χ3n) is 7.25. The first-order chi connectivity index (χ1) is 20.8. The Morgan fingerprint density at radius 1 is 0.814 bits per heavy atom. The van der Waals surface area contributed by atoms with Crippen LogP contribution < -0.4 is 4.74 Å². The molecule has 0 radical (unpaired) electrons. The number of nitrogens with zero attached hydrogens (tertiary/aromatic N) is 3. The van der Waals surface area contributed by atoms with Gasteiger partial charge in [-0.3, -0.25) is 9.59 Å². The predicted octanol–water partition coefficient (Wildman–Crippen LogP) is 5.00. The third-order valence-corrected chi connectivity index (χ3v) is 7.25. The van der Waals surface area contributed by atoms with Gasteiger partial charge in [0.15, 0.2) is 6.61 Å². The van der Waals surface area contributed by atoms with E-state index in [9.17, 15) is 14.4 Å². The second-order valence-corrected chi connectivity index (χ2v) is 10.4. The Morgan fingerprint density at radius 3 is 2.02 bits per heavy atom. The SMILES string of the molecule is CCOC(=O)C=Cc1cn(CC(=O)N(C)CCc2ccccc2)c2ccc(OCC(=O)N(C)CCc3ccccc3)cc12. The summed E-state index contributed by atoms with van der Waals surface area (Å²) in [5.74, 6) is -0.0813. The number of likely N-dealkylation sites (N-methyl/N-ethyl adjacent to an activating group) is 2. The maximum atomic E-state index is 13.1. The van der Waals surface area contributed by atoms with E-state index < -0.39 is 5.97 Å². The number of carbonyl (C=O) groups excluding carboxylic acids is 3. The first-order valence-corrected chi connectivity index (χ1v) is 14.5. The van der Waals surface area contributed by atoms with E-state index in [0.29, 0.717) is 18.8 Å². The molecule has 8 nitrogen and oxygen atoms in total. The summed E-state index contributed by atoms with van der Waals surface area (Å²) in [5.41, 5.74) is 3.89. The lowest BCUT2D eigenvalue weighted by atomic mass is 10.1. The average Bonchev–Trinajstić information content (AvgIpc) is 3.37. The molecule has 0 atom stereocenters. The highest BCUT2D eigenvalue weighted by Crippen LogP contribution is 2.27. The van der Waals surface area contributed by atoms with Crippen molar-refractivity contribution >= 4 is 34.8 Å². The van der Waals surface area contributed by atoms with Crippen LogP contribution in [0.15, 0.2) is 91.1 Å². The van der Waals surface area contributed by atoms with E-state index in [1.54, 1.807) is 43.0 Å². The summed E-state index contributed by atoms with van der Waals surface area (Å²) >= 11 is 0. The molecule has 3 aromatic carbocycles. The highest BCUT2D eigenvalue weighted by atomic mass is 16.5. The van der Waals surface area contributed by atoms with Crippen LogP contribution in [0.1, 0.15) is 23.6 Å². The van der Waals surface area contributed by atoms with E-state index in [-0.39, 0.29) is 31.6 Å². The molecule has 0 bridgehead atoms. The van der Waals surface area contributed by atoms with Gasteiger partial charge in [0.2, 0.25) is 5.91 Å². The van der Waals surface area contributed by atoms with E-state index in [2.05, 4.69) is 12.1 Å². The molecule has 2 amide bonds. The number of hydrogen-bond acceptors (Lipinski definition) is 5. The smallest absolute Gasteiger partial charge is 0.330 e. The fourth-order valence-corrected chi connectivity index (χ4v) is 4.66. The minimum atomic E-state index is -0.448. The van der Waals surface area contributed by atoms with Crippen LogP contribution in [-0.2, 0) is 38.5 Å². The maximum Gasteiger partial charge on any atom is 0.330 e. The molecule has 0 aliphatic rings. The van der Waals surface area contributed by atoms with Crippen LogP contribution >= 0.6 is 0 Å². The molecule has 0 N–H and O–H groups in total. The minimum Gasteiger partial charge on any atom is -0.484 e. The largest absolute Gasteiger partial charge is 0.484 e. The zero-order valence-corrected chi connectivity index (χ0v) is 25.1. The molecule has 224 valence electrons. The average molecular weight is 582 g/mol. The second kappa shape index (κ2) is 15.4. The van der Waals surface area contributed by atoms with Gasteiger partial charge in [-0.05, 0) is 55.2 Å². The number of fused-ring (bicyclic) bond motifs is 1. The van der Waals surface area contributed by atoms with Crippen LogP contribution in [0.2, 0.25) is 0 Å². The Hall–Kier alpha value is -4.85. The number of carbonyl (C=O) groups is 3. The molecule has 0 unspecified atom stereocenters. The van der Waals surface area contributed by atoms with Crippen molar-refractivity contribution < 1.29 is 23.9 Å². The second-order valence-electron chi connectivity index (χ2n) is 10.4. The molecule has 8 heteroatoms. The standard InChI is InChI=1S/C35H39N3O5/c1-4-42-35(41)18-15-29-24-38(25-33(39)36(2)21-19-27-11-7-5-8-12-27)32-17-16-30(23-31(29)32)43-26-34(40)37(3)22-20-28-13-9-6-10-14-28/h5-18,23-24H,4,19-22,25-26H2,1-3H3. The van der Waals surface area contributed by atoms with Gasteiger partial charge in [0.05, 0.1) is 6.61 Å². The molecular formula is C35H39N3O5. The number of amides is 2. The molecule has 0 aliphatic heterocycles. The van der Waals surface area contributed by atoms with Crippen molar-refractivity contribution in [2.75, 3.05) is 40.4 Å². The first-order valence-electron chi connectivity index (χ1n) is 14.5. The van der Waals surface area contributed by atoms with Gasteiger partial charge in [0.1, 0.15) is 12.3 Å². The molecular weight excluding hydrogens is 542 g/mol. The lowest BCUT2D eigenvalue weighted by Crippen LogP contribution is -2.33. The summed E-state index contributed by atoms with van der Waals surface area (Å²) in [7, 11) is 3.57. The van der Waals surface area contributed by atoms with Crippen molar-refractivity contribution in [1.29, 1.82) is 0 Å². The highest BCUT2D eigenvalue weighted by molar-refractivity contribution is 5.95. The van der Waals surface area contributed by atoms with Gasteiger partial charge in [-0.1, -0.05) is 60.7 Å². The van der Waals surface area contributed by atoms with Crippen LogP contribution in [-0.4, -0.2) is 72.5 Å². The molecule has 0 aliphatic carbocycles. The van der Waals surface area contributed by atoms with Crippen molar-refractivity contribution in [3.8, 4) is 5.75 Å². The molecule has 4 rings (SSSR count). The zero-order valence-electron chi connectivity index (χ0n) is 25.1. The maximum absolute atomic E-state index is 13.1. The Bertz CT molecular complexity index is 1550. The number of esters is 1. The van der Waals surface area contributed by atoms with Crippen LogP contribution in [0.25, 0.3) is 17.0 Å². The minimum absolute atomic E-state index is 0.0294. The number of ether oxygens (including phenoxy) is 2. The van der Waals surface area contributed by atoms with Gasteiger partial charge in [0.25, 0.3) is 5.91 Å². The van der Waals surface area contributed by atoms with Crippen LogP contribution in [0.3, 0.4) is 0 Å². The Kier molecular flexibility index (Phi) is 11.1. The van der Waals surface area contributed by atoms with E-state index >= 15 is 0 Å². The van der Waals surface area contributed by atoms with Crippen molar-refractivity contribution in [2.24, 2.45) is 0 Å². The molecule has 0 spiro atoms. The topological polar surface area (TPSA) is 81.1 Å². The van der Waals surface area contributed by atoms with Crippen LogP contribution in [0.5, 0.6) is 5.75 Å². The van der Waals surface area contributed by atoms with Crippen LogP contribution in [0, 0.1) is 0 Å². The summed E-state index contributed by atoms with van der Waals surface area (Å²) in [6.07, 6.45) is 6.42. The normalized spacial score (nSPS) is 11.0. The molecule has 0 saturated heterocycles. The summed E-state index contributed by atoms with van der Waals surface area (Å²) < 4.78 is 12.8. The summed E-state index contributed by atoms with van der Waals surface area (Å²) in [4.78, 5) is 41.3. The quantitative estimate of drug-likeness (QED) is 0.155. The number of aromatic nitrogens is 1. The Morgan fingerprint density at radius 2 is 1.42 bits per heavy atom. The molecule has 1 heterocycles. The number of rotatable bonds is 14. The zero-order chi connectivity index (χ0) is 30.6. The lowest BCUT2D eigenvalue weighted by Gasteiger charge is -2.18. The molecule has 4 aromatic rings. The van der Waals surface area contributed by atoms with Crippen molar-refractivity contribution in [2.45, 2.75) is 26.3 Å².